The summed E-state index contributed by atoms with van der Waals surface area (Å²) in [6.45, 7) is 10.1. The van der Waals surface area contributed by atoms with Crippen molar-refractivity contribution in [2.75, 3.05) is 60.4 Å². The predicted octanol–water partition coefficient (Wildman–Crippen LogP) is 8.09. The molecule has 12 atom stereocenters. The monoisotopic (exact) mass is 839 g/mol. The number of halogens is 6. The molecule has 2 aliphatic carbocycles. The van der Waals surface area contributed by atoms with Gasteiger partial charge in [0.2, 0.25) is 35.7 Å². The Morgan fingerprint density at radius 3 is 1.95 bits per heavy atom. The van der Waals surface area contributed by atoms with Crippen molar-refractivity contribution in [3.8, 4) is 0 Å². The topological polar surface area (TPSA) is 94.6 Å². The van der Waals surface area contributed by atoms with E-state index in [2.05, 4.69) is 23.6 Å². The van der Waals surface area contributed by atoms with Crippen molar-refractivity contribution in [2.45, 2.75) is 134 Å². The van der Waals surface area contributed by atoms with Gasteiger partial charge < -0.3 is 33.6 Å². The van der Waals surface area contributed by atoms with Gasteiger partial charge in [0, 0.05) is 43.7 Å². The minimum atomic E-state index is -4.71. The van der Waals surface area contributed by atoms with Crippen LogP contribution in [0.1, 0.15) is 91.9 Å². The third kappa shape index (κ3) is 8.55. The summed E-state index contributed by atoms with van der Waals surface area (Å²) >= 11 is 0. The van der Waals surface area contributed by atoms with Gasteiger partial charge in [-0.25, -0.2) is 19.9 Å². The van der Waals surface area contributed by atoms with E-state index in [4.69, 9.17) is 28.7 Å². The third-order valence-electron chi connectivity index (χ3n) is 14.6. The van der Waals surface area contributed by atoms with Gasteiger partial charge >= 0.3 is 12.4 Å². The average molecular weight is 840 g/mol. The van der Waals surface area contributed by atoms with Crippen LogP contribution in [-0.4, -0.2) is 122 Å². The van der Waals surface area contributed by atoms with Gasteiger partial charge in [-0.1, -0.05) is 13.8 Å². The molecule has 6 heterocycles. The van der Waals surface area contributed by atoms with E-state index in [1.165, 1.54) is 6.92 Å². The van der Waals surface area contributed by atoms with Gasteiger partial charge in [-0.3, -0.25) is 0 Å². The Balaban J connectivity index is 0.935. The van der Waals surface area contributed by atoms with Gasteiger partial charge in [0.1, 0.15) is 0 Å². The van der Waals surface area contributed by atoms with Crippen molar-refractivity contribution in [2.24, 2.45) is 41.4 Å². The van der Waals surface area contributed by atoms with E-state index in [0.717, 1.165) is 12.8 Å². The van der Waals surface area contributed by atoms with Crippen molar-refractivity contribution < 1.29 is 65.2 Å². The maximum atomic E-state index is 14.6. The number of hydrogen-bond acceptors (Lipinski definition) is 11. The number of hydrogen-bond donors (Lipinski definition) is 1. The molecule has 0 amide bonds. The standard InChI is InChI=1S/C41H63F6N3O8/c1-24-10-12-27-28(33(40(42,43)44)52-35-32(27)26(24)14-16-37(3,54-35)56-51)22-49(6)20-8-18-48(5)19-9-21-50(7)23-29-31-13-11-25(2)30-15-17-38(4)55-36(39(30,31)58-57-38)53-34(29)41(45,46)47/h24-27,30-32,35-36,51H,8-23H2,1-7H3/t24-,25-,26?,27+,30?,31+,32?,35-,36-,37?,38+,39-/m1/s1. The second kappa shape index (κ2) is 16.5. The van der Waals surface area contributed by atoms with Crippen LogP contribution in [0.15, 0.2) is 22.7 Å². The Morgan fingerprint density at radius 1 is 0.707 bits per heavy atom. The van der Waals surface area contributed by atoms with Crippen molar-refractivity contribution in [3.63, 3.8) is 0 Å². The molecule has 2 saturated carbocycles. The molecule has 6 aliphatic heterocycles. The van der Waals surface area contributed by atoms with E-state index in [1.807, 2.05) is 30.9 Å². The number of likely N-dealkylation sites (N-methyl/N-ethyl adjacent to an activating group) is 2. The molecular weight excluding hydrogens is 776 g/mol. The van der Waals surface area contributed by atoms with Gasteiger partial charge in [0.05, 0.1) is 0 Å². The molecule has 1 spiro atoms. The summed E-state index contributed by atoms with van der Waals surface area (Å²) < 4.78 is 111. The predicted molar refractivity (Wildman–Crippen MR) is 198 cm³/mol. The molecule has 58 heavy (non-hydrogen) atoms. The second-order valence-corrected chi connectivity index (χ2v) is 18.9. The van der Waals surface area contributed by atoms with Crippen LogP contribution >= 0.6 is 0 Å². The number of alkyl halides is 6. The van der Waals surface area contributed by atoms with Gasteiger partial charge in [0.15, 0.2) is 5.60 Å². The molecule has 11 nitrogen and oxygen atoms in total. The lowest BCUT2D eigenvalue weighted by Gasteiger charge is -2.57. The minimum absolute atomic E-state index is 0.0621. The Hall–Kier alpha value is -1.70. The first-order valence-corrected chi connectivity index (χ1v) is 21.2. The zero-order chi connectivity index (χ0) is 42.0. The Morgan fingerprint density at radius 2 is 1.31 bits per heavy atom. The summed E-state index contributed by atoms with van der Waals surface area (Å²) in [4.78, 5) is 22.5. The fraction of sp³-hybridized carbons (Fsp3) is 0.902. The highest BCUT2D eigenvalue weighted by atomic mass is 19.4. The summed E-state index contributed by atoms with van der Waals surface area (Å²) in [5.74, 6) is -5.35. The molecule has 1 N–H and O–H groups in total. The maximum absolute atomic E-state index is 14.6. The lowest BCUT2D eigenvalue weighted by atomic mass is 9.59. The summed E-state index contributed by atoms with van der Waals surface area (Å²) in [5, 5.41) is 9.57. The smallest absolute Gasteiger partial charge is 0.449 e. The summed E-state index contributed by atoms with van der Waals surface area (Å²) in [6.07, 6.45) is -5.52. The molecule has 0 radical (unpaired) electrons. The molecule has 0 aromatic carbocycles. The van der Waals surface area contributed by atoms with E-state index in [0.29, 0.717) is 77.5 Å². The Labute approximate surface area is 338 Å². The minimum Gasteiger partial charge on any atom is -0.459 e. The number of allylic oxidation sites excluding steroid dienone is 2. The number of rotatable bonds is 13. The van der Waals surface area contributed by atoms with E-state index in [-0.39, 0.29) is 59.7 Å². The average Bonchev–Trinajstić information content (AvgIpc) is 3.46. The van der Waals surface area contributed by atoms with Crippen LogP contribution in [0.2, 0.25) is 0 Å². The van der Waals surface area contributed by atoms with Crippen molar-refractivity contribution in [1.29, 1.82) is 0 Å². The third-order valence-corrected chi connectivity index (χ3v) is 14.6. The van der Waals surface area contributed by atoms with E-state index in [9.17, 15) is 31.6 Å². The van der Waals surface area contributed by atoms with Gasteiger partial charge in [-0.05, 0) is 147 Å². The normalized spacial score (nSPS) is 40.3. The van der Waals surface area contributed by atoms with Crippen molar-refractivity contribution >= 4 is 0 Å². The molecule has 8 aliphatic rings. The number of nitrogens with zero attached hydrogens (tertiary/aromatic N) is 3. The van der Waals surface area contributed by atoms with E-state index in [1.54, 1.807) is 6.92 Å². The first-order valence-electron chi connectivity index (χ1n) is 21.2. The van der Waals surface area contributed by atoms with Crippen LogP contribution in [0.3, 0.4) is 0 Å². The van der Waals surface area contributed by atoms with Gasteiger partial charge in [0.25, 0.3) is 0 Å². The molecule has 4 saturated heterocycles. The van der Waals surface area contributed by atoms with Crippen LogP contribution in [0.4, 0.5) is 26.3 Å². The van der Waals surface area contributed by atoms with E-state index >= 15 is 0 Å². The summed E-state index contributed by atoms with van der Waals surface area (Å²) in [5.41, 5.74) is -0.709. The Kier molecular flexibility index (Phi) is 12.6. The van der Waals surface area contributed by atoms with Crippen LogP contribution in [0, 0.1) is 41.4 Å². The number of ether oxygens (including phenoxy) is 4. The highest BCUT2D eigenvalue weighted by molar-refractivity contribution is 5.29. The number of fused-ring (bicyclic) bond motifs is 2. The Bertz CT molecular complexity index is 1550. The van der Waals surface area contributed by atoms with Crippen LogP contribution in [-0.2, 0) is 33.6 Å². The lowest BCUT2D eigenvalue weighted by Crippen LogP contribution is -2.67. The SMILES string of the molecule is C[C@@H]1CC[C@H]2C(CN(C)CCCN(C)CCCN(C)CC3=C(C(F)(F)F)O[C@@H]4O[C@]5(C)CCC6[C@H](C)CC[C@@H]3[C@]64OO5)=C(C(F)(F)F)O[C@@H]3OC(C)(OO)CCC1C32. The largest absolute Gasteiger partial charge is 0.459 e. The zero-order valence-corrected chi connectivity index (χ0v) is 34.9. The molecule has 4 unspecified atom stereocenters. The first-order chi connectivity index (χ1) is 27.2. The molecule has 8 rings (SSSR count). The lowest BCUT2D eigenvalue weighted by molar-refractivity contribution is -0.557. The molecule has 2 bridgehead atoms. The fourth-order valence-corrected chi connectivity index (χ4v) is 11.6. The first kappa shape index (κ1) is 44.4. The molecule has 17 heteroatoms. The summed E-state index contributed by atoms with van der Waals surface area (Å²) in [6, 6.07) is 0. The van der Waals surface area contributed by atoms with Gasteiger partial charge in [-0.15, -0.1) is 0 Å². The molecule has 6 fully saturated rings. The van der Waals surface area contributed by atoms with Crippen molar-refractivity contribution in [3.05, 3.63) is 22.7 Å². The van der Waals surface area contributed by atoms with E-state index < -0.39 is 59.5 Å². The van der Waals surface area contributed by atoms with Gasteiger partial charge in [-0.2, -0.15) is 26.3 Å². The summed E-state index contributed by atoms with van der Waals surface area (Å²) in [7, 11) is 5.62. The van der Waals surface area contributed by atoms with Crippen LogP contribution in [0.5, 0.6) is 0 Å². The fourth-order valence-electron chi connectivity index (χ4n) is 11.6. The zero-order valence-electron chi connectivity index (χ0n) is 34.9. The maximum Gasteiger partial charge on any atom is 0.449 e. The molecule has 0 aromatic rings. The second-order valence-electron chi connectivity index (χ2n) is 18.9. The highest BCUT2D eigenvalue weighted by Crippen LogP contribution is 2.61. The van der Waals surface area contributed by atoms with Crippen LogP contribution < -0.4 is 0 Å². The quantitative estimate of drug-likeness (QED) is 0.111. The van der Waals surface area contributed by atoms with Crippen molar-refractivity contribution in [1.82, 2.24) is 14.7 Å². The highest BCUT2D eigenvalue weighted by Gasteiger charge is 2.70. The van der Waals surface area contributed by atoms with Crippen LogP contribution in [0.25, 0.3) is 0 Å². The molecule has 0 aromatic heterocycles. The molecule has 332 valence electrons. The molecular formula is C41H63F6N3O8.